The maximum atomic E-state index is 11.4. The zero-order valence-corrected chi connectivity index (χ0v) is 15.8. The first kappa shape index (κ1) is 20.4. The number of esters is 1. The van der Waals surface area contributed by atoms with Gasteiger partial charge in [-0.2, -0.15) is 0 Å². The highest BCUT2D eigenvalue weighted by Crippen LogP contribution is 2.16. The van der Waals surface area contributed by atoms with Crippen molar-refractivity contribution in [3.8, 4) is 0 Å². The summed E-state index contributed by atoms with van der Waals surface area (Å²) >= 11 is 0. The van der Waals surface area contributed by atoms with Crippen molar-refractivity contribution in [2.75, 3.05) is 26.1 Å². The van der Waals surface area contributed by atoms with Gasteiger partial charge < -0.3 is 23.9 Å². The van der Waals surface area contributed by atoms with E-state index in [1.54, 1.807) is 13.4 Å². The normalized spacial score (nSPS) is 12.5. The number of hydrogen-bond acceptors (Lipinski definition) is 8. The van der Waals surface area contributed by atoms with Gasteiger partial charge in [0.05, 0.1) is 26.0 Å². The fourth-order valence-electron chi connectivity index (χ4n) is 2.40. The van der Waals surface area contributed by atoms with Crippen LogP contribution in [0.25, 0.3) is 0 Å². The van der Waals surface area contributed by atoms with Crippen LogP contribution in [0.5, 0.6) is 0 Å². The van der Waals surface area contributed by atoms with Crippen molar-refractivity contribution in [2.45, 2.75) is 32.4 Å². The number of rotatable bonds is 11. The smallest absolute Gasteiger partial charge is 0.396 e. The maximum Gasteiger partial charge on any atom is 0.396 e. The SMILES string of the molecule is CC/C(=C\OCc1ccccc1)C[C@H](COC)Nc1nnc(C(=O)OC)o1. The number of anilines is 1. The van der Waals surface area contributed by atoms with Crippen molar-refractivity contribution in [1.82, 2.24) is 10.2 Å². The van der Waals surface area contributed by atoms with E-state index in [2.05, 4.69) is 27.2 Å². The van der Waals surface area contributed by atoms with Crippen molar-refractivity contribution in [1.29, 1.82) is 0 Å². The van der Waals surface area contributed by atoms with E-state index >= 15 is 0 Å². The highest BCUT2D eigenvalue weighted by atomic mass is 16.5. The van der Waals surface area contributed by atoms with E-state index in [0.717, 1.165) is 17.6 Å². The van der Waals surface area contributed by atoms with Gasteiger partial charge in [0.1, 0.15) is 6.61 Å². The zero-order valence-electron chi connectivity index (χ0n) is 15.8. The van der Waals surface area contributed by atoms with E-state index in [0.29, 0.717) is 19.6 Å². The second-order valence-corrected chi connectivity index (χ2v) is 5.83. The molecule has 0 bridgehead atoms. The number of methoxy groups -OCH3 is 2. The van der Waals surface area contributed by atoms with Crippen molar-refractivity contribution < 1.29 is 23.4 Å². The van der Waals surface area contributed by atoms with Crippen LogP contribution in [-0.2, 0) is 20.8 Å². The fraction of sp³-hybridized carbons (Fsp3) is 0.421. The average molecular weight is 375 g/mol. The molecule has 27 heavy (non-hydrogen) atoms. The average Bonchev–Trinajstić information content (AvgIpc) is 3.16. The van der Waals surface area contributed by atoms with Crippen LogP contribution in [0.15, 0.2) is 46.6 Å². The molecular weight excluding hydrogens is 350 g/mol. The lowest BCUT2D eigenvalue weighted by Crippen LogP contribution is -2.25. The zero-order chi connectivity index (χ0) is 19.5. The molecule has 1 aromatic carbocycles. The minimum Gasteiger partial charge on any atom is -0.497 e. The van der Waals surface area contributed by atoms with Gasteiger partial charge in [-0.1, -0.05) is 47.5 Å². The molecule has 1 heterocycles. The van der Waals surface area contributed by atoms with Gasteiger partial charge in [0.25, 0.3) is 0 Å². The Hall–Kier alpha value is -2.87. The van der Waals surface area contributed by atoms with Crippen molar-refractivity contribution in [2.24, 2.45) is 0 Å². The van der Waals surface area contributed by atoms with E-state index < -0.39 is 5.97 Å². The van der Waals surface area contributed by atoms with Crippen LogP contribution in [-0.4, -0.2) is 43.0 Å². The largest absolute Gasteiger partial charge is 0.497 e. The van der Waals surface area contributed by atoms with E-state index in [-0.39, 0.29) is 17.9 Å². The van der Waals surface area contributed by atoms with Gasteiger partial charge in [-0.05, 0) is 24.0 Å². The lowest BCUT2D eigenvalue weighted by atomic mass is 10.1. The van der Waals surface area contributed by atoms with Crippen LogP contribution < -0.4 is 5.32 Å². The van der Waals surface area contributed by atoms with Crippen LogP contribution in [0, 0.1) is 0 Å². The Morgan fingerprint density at radius 3 is 2.70 bits per heavy atom. The van der Waals surface area contributed by atoms with Crippen LogP contribution in [0.3, 0.4) is 0 Å². The number of hydrogen-bond donors (Lipinski definition) is 1. The molecular formula is C19H25N3O5. The first-order chi connectivity index (χ1) is 13.2. The highest BCUT2D eigenvalue weighted by Gasteiger charge is 2.18. The summed E-state index contributed by atoms with van der Waals surface area (Å²) in [6.45, 7) is 2.99. The fourth-order valence-corrected chi connectivity index (χ4v) is 2.40. The number of nitrogens with one attached hydrogen (secondary N) is 1. The van der Waals surface area contributed by atoms with Gasteiger partial charge in [-0.3, -0.25) is 0 Å². The minimum atomic E-state index is -0.678. The summed E-state index contributed by atoms with van der Waals surface area (Å²) in [5, 5.41) is 10.5. The number of nitrogens with zero attached hydrogens (tertiary/aromatic N) is 2. The molecule has 2 aromatic rings. The van der Waals surface area contributed by atoms with Crippen molar-refractivity contribution in [3.05, 3.63) is 53.6 Å². The number of ether oxygens (including phenoxy) is 3. The summed E-state index contributed by atoms with van der Waals surface area (Å²) < 4.78 is 20.8. The van der Waals surface area contributed by atoms with Gasteiger partial charge in [-0.25, -0.2) is 4.79 Å². The molecule has 0 fully saturated rings. The predicted molar refractivity (Wildman–Crippen MR) is 99.1 cm³/mol. The van der Waals surface area contributed by atoms with Crippen LogP contribution >= 0.6 is 0 Å². The number of carbonyl (C=O) groups excluding carboxylic acids is 1. The van der Waals surface area contributed by atoms with Crippen LogP contribution in [0.4, 0.5) is 6.01 Å². The van der Waals surface area contributed by atoms with Gasteiger partial charge in [-0.15, -0.1) is 0 Å². The molecule has 8 nitrogen and oxygen atoms in total. The Labute approximate surface area is 158 Å². The van der Waals surface area contributed by atoms with Crippen molar-refractivity contribution in [3.63, 3.8) is 0 Å². The molecule has 1 N–H and O–H groups in total. The van der Waals surface area contributed by atoms with Crippen molar-refractivity contribution >= 4 is 12.0 Å². The molecule has 146 valence electrons. The molecule has 0 spiro atoms. The molecule has 1 aromatic heterocycles. The third-order valence-corrected chi connectivity index (χ3v) is 3.79. The van der Waals surface area contributed by atoms with Gasteiger partial charge in [0.2, 0.25) is 0 Å². The molecule has 0 radical (unpaired) electrons. The first-order valence-corrected chi connectivity index (χ1v) is 8.67. The third-order valence-electron chi connectivity index (χ3n) is 3.79. The number of benzene rings is 1. The van der Waals surface area contributed by atoms with Crippen LogP contribution in [0.1, 0.15) is 36.0 Å². The number of aromatic nitrogens is 2. The lowest BCUT2D eigenvalue weighted by molar-refractivity contribution is 0.0556. The Morgan fingerprint density at radius 2 is 2.04 bits per heavy atom. The Bertz CT molecular complexity index is 730. The summed E-state index contributed by atoms with van der Waals surface area (Å²) in [4.78, 5) is 11.4. The van der Waals surface area contributed by atoms with Crippen LogP contribution in [0.2, 0.25) is 0 Å². The molecule has 0 aliphatic rings. The van der Waals surface area contributed by atoms with Gasteiger partial charge >= 0.3 is 17.9 Å². The van der Waals surface area contributed by atoms with E-state index in [1.165, 1.54) is 7.11 Å². The molecule has 0 amide bonds. The summed E-state index contributed by atoms with van der Waals surface area (Å²) in [6.07, 6.45) is 3.27. The van der Waals surface area contributed by atoms with Gasteiger partial charge in [0, 0.05) is 7.11 Å². The van der Waals surface area contributed by atoms with E-state index in [4.69, 9.17) is 13.9 Å². The molecule has 8 heteroatoms. The highest BCUT2D eigenvalue weighted by molar-refractivity contribution is 5.83. The standard InChI is InChI=1S/C19H25N3O5/c1-4-14(11-26-12-15-8-6-5-7-9-15)10-16(13-24-2)20-19-22-21-17(27-19)18(23)25-3/h5-9,11,16H,4,10,12-13H2,1-3H3,(H,20,22)/b14-11+/t16-/m1/s1. The second kappa shape index (κ2) is 11.0. The molecule has 0 aliphatic heterocycles. The summed E-state index contributed by atoms with van der Waals surface area (Å²) in [5.74, 6) is -0.879. The summed E-state index contributed by atoms with van der Waals surface area (Å²) in [7, 11) is 2.87. The van der Waals surface area contributed by atoms with Gasteiger partial charge in [0.15, 0.2) is 0 Å². The van der Waals surface area contributed by atoms with E-state index in [9.17, 15) is 4.79 Å². The maximum absolute atomic E-state index is 11.4. The second-order valence-electron chi connectivity index (χ2n) is 5.83. The summed E-state index contributed by atoms with van der Waals surface area (Å²) in [6, 6.07) is 9.99. The number of carbonyl (C=O) groups is 1. The predicted octanol–water partition coefficient (Wildman–Crippen LogP) is 3.18. The lowest BCUT2D eigenvalue weighted by Gasteiger charge is -2.17. The molecule has 0 saturated carbocycles. The Morgan fingerprint density at radius 1 is 1.26 bits per heavy atom. The minimum absolute atomic E-state index is 0.118. The summed E-state index contributed by atoms with van der Waals surface area (Å²) in [5.41, 5.74) is 2.21. The topological polar surface area (TPSA) is 95.7 Å². The molecule has 0 saturated heterocycles. The molecule has 0 aliphatic carbocycles. The first-order valence-electron chi connectivity index (χ1n) is 8.67. The Kier molecular flexibility index (Phi) is 8.31. The molecule has 0 unspecified atom stereocenters. The molecule has 2 rings (SSSR count). The van der Waals surface area contributed by atoms with E-state index in [1.807, 2.05) is 30.3 Å². The third kappa shape index (κ3) is 6.74. The monoisotopic (exact) mass is 375 g/mol. The quantitative estimate of drug-likeness (QED) is 0.473. The Balaban J connectivity index is 1.94. The molecule has 1 atom stereocenters.